The molecule has 0 aromatic carbocycles. The first-order valence-electron chi connectivity index (χ1n) is 6.36. The Balaban J connectivity index is 2.47. The van der Waals surface area contributed by atoms with E-state index in [4.69, 9.17) is 14.6 Å². The van der Waals surface area contributed by atoms with Crippen molar-refractivity contribution in [2.24, 2.45) is 0 Å². The summed E-state index contributed by atoms with van der Waals surface area (Å²) in [6.45, 7) is 4.64. The molecule has 1 aliphatic rings. The van der Waals surface area contributed by atoms with Crippen LogP contribution in [0, 0.1) is 0 Å². The molecular weight excluding hydrogens is 236 g/mol. The summed E-state index contributed by atoms with van der Waals surface area (Å²) in [5.74, 6) is -0.807. The predicted molar refractivity (Wildman–Crippen MR) is 67.8 cm³/mol. The molecule has 1 heterocycles. The van der Waals surface area contributed by atoms with E-state index in [1.54, 1.807) is 14.2 Å². The maximum Gasteiger partial charge on any atom is 0.322 e. The van der Waals surface area contributed by atoms with E-state index in [0.29, 0.717) is 26.2 Å². The summed E-state index contributed by atoms with van der Waals surface area (Å²) < 4.78 is 10.7. The number of ether oxygens (including phenoxy) is 2. The fourth-order valence-corrected chi connectivity index (χ4v) is 2.23. The van der Waals surface area contributed by atoms with Crippen LogP contribution < -0.4 is 5.32 Å². The number of aliphatic carboxylic acids is 1. The molecule has 1 saturated heterocycles. The Morgan fingerprint density at radius 1 is 1.39 bits per heavy atom. The lowest BCUT2D eigenvalue weighted by molar-refractivity contribution is -0.140. The Morgan fingerprint density at radius 2 is 1.94 bits per heavy atom. The first-order valence-corrected chi connectivity index (χ1v) is 6.36. The Labute approximate surface area is 108 Å². The van der Waals surface area contributed by atoms with Crippen molar-refractivity contribution in [3.05, 3.63) is 0 Å². The number of likely N-dealkylation sites (tertiary alicyclic amines) is 1. The van der Waals surface area contributed by atoms with Gasteiger partial charge in [0.15, 0.2) is 0 Å². The summed E-state index contributed by atoms with van der Waals surface area (Å²) in [7, 11) is 3.31. The third kappa shape index (κ3) is 4.20. The van der Waals surface area contributed by atoms with Gasteiger partial charge in [0.05, 0.1) is 12.2 Å². The first-order chi connectivity index (χ1) is 8.62. The van der Waals surface area contributed by atoms with Gasteiger partial charge in [0.2, 0.25) is 0 Å². The summed E-state index contributed by atoms with van der Waals surface area (Å²) in [6, 6.07) is -0.530. The zero-order valence-electron chi connectivity index (χ0n) is 11.4. The van der Waals surface area contributed by atoms with Crippen LogP contribution in [0.5, 0.6) is 0 Å². The molecule has 1 rings (SSSR count). The molecule has 1 aliphatic heterocycles. The Bertz CT molecular complexity index is 250. The summed E-state index contributed by atoms with van der Waals surface area (Å²) in [6.07, 6.45) is 0.969. The number of nitrogens with zero attached hydrogens (tertiary/aromatic N) is 1. The van der Waals surface area contributed by atoms with E-state index >= 15 is 0 Å². The molecule has 18 heavy (non-hydrogen) atoms. The van der Waals surface area contributed by atoms with E-state index in [-0.39, 0.29) is 12.2 Å². The van der Waals surface area contributed by atoms with Crippen LogP contribution in [-0.2, 0) is 14.3 Å². The molecule has 6 nitrogen and oxygen atoms in total. The normalized spacial score (nSPS) is 26.4. The summed E-state index contributed by atoms with van der Waals surface area (Å²) in [5.41, 5.74) is 0. The molecule has 1 fully saturated rings. The van der Waals surface area contributed by atoms with Crippen LogP contribution in [0.25, 0.3) is 0 Å². The molecule has 3 atom stereocenters. The number of nitrogens with one attached hydrogen (secondary N) is 1. The number of carboxylic acids is 1. The smallest absolute Gasteiger partial charge is 0.322 e. The highest BCUT2D eigenvalue weighted by Crippen LogP contribution is 2.15. The summed E-state index contributed by atoms with van der Waals surface area (Å²) in [4.78, 5) is 13.2. The standard InChI is InChI=1S/C12H24N2O4/c1-4-5-13-9(12(15)16)6-14-7-10(17-2)11(8-14)18-3/h9-11,13H,4-8H2,1-3H3,(H,15,16). The Kier molecular flexibility index (Phi) is 6.56. The average Bonchev–Trinajstić information content (AvgIpc) is 2.76. The van der Waals surface area contributed by atoms with E-state index in [1.807, 2.05) is 6.92 Å². The molecular formula is C12H24N2O4. The van der Waals surface area contributed by atoms with Crippen molar-refractivity contribution in [2.75, 3.05) is 40.4 Å². The lowest BCUT2D eigenvalue weighted by Crippen LogP contribution is -2.46. The van der Waals surface area contributed by atoms with Gasteiger partial charge in [0.1, 0.15) is 6.04 Å². The number of carboxylic acid groups (broad SMARTS) is 1. The highest BCUT2D eigenvalue weighted by Gasteiger charge is 2.34. The van der Waals surface area contributed by atoms with Crippen LogP contribution >= 0.6 is 0 Å². The van der Waals surface area contributed by atoms with Crippen LogP contribution in [0.2, 0.25) is 0 Å². The van der Waals surface area contributed by atoms with Crippen LogP contribution in [0.1, 0.15) is 13.3 Å². The molecule has 6 heteroatoms. The molecule has 3 unspecified atom stereocenters. The number of methoxy groups -OCH3 is 2. The molecule has 0 aromatic rings. The van der Waals surface area contributed by atoms with Gasteiger partial charge in [0, 0.05) is 33.9 Å². The summed E-state index contributed by atoms with van der Waals surface area (Å²) in [5, 5.41) is 12.2. The van der Waals surface area contributed by atoms with Gasteiger partial charge >= 0.3 is 5.97 Å². The molecule has 0 saturated carbocycles. The van der Waals surface area contributed by atoms with E-state index in [0.717, 1.165) is 6.42 Å². The maximum atomic E-state index is 11.1. The van der Waals surface area contributed by atoms with Crippen molar-refractivity contribution in [3.8, 4) is 0 Å². The maximum absolute atomic E-state index is 11.1. The first kappa shape index (κ1) is 15.4. The molecule has 0 bridgehead atoms. The van der Waals surface area contributed by atoms with Gasteiger partial charge in [-0.3, -0.25) is 9.69 Å². The van der Waals surface area contributed by atoms with Crippen molar-refractivity contribution < 1.29 is 19.4 Å². The van der Waals surface area contributed by atoms with E-state index in [2.05, 4.69) is 10.2 Å². The van der Waals surface area contributed by atoms with Gasteiger partial charge < -0.3 is 19.9 Å². The lowest BCUT2D eigenvalue weighted by Gasteiger charge is -2.21. The Hall–Kier alpha value is -0.690. The average molecular weight is 260 g/mol. The zero-order valence-corrected chi connectivity index (χ0v) is 11.4. The molecule has 0 radical (unpaired) electrons. The highest BCUT2D eigenvalue weighted by molar-refractivity contribution is 5.73. The van der Waals surface area contributed by atoms with Crippen LogP contribution in [0.3, 0.4) is 0 Å². The quantitative estimate of drug-likeness (QED) is 0.629. The van der Waals surface area contributed by atoms with Crippen molar-refractivity contribution in [1.82, 2.24) is 10.2 Å². The van der Waals surface area contributed by atoms with Crippen molar-refractivity contribution in [1.29, 1.82) is 0 Å². The van der Waals surface area contributed by atoms with Gasteiger partial charge in [0.25, 0.3) is 0 Å². The molecule has 0 aromatic heterocycles. The molecule has 0 spiro atoms. The van der Waals surface area contributed by atoms with Gasteiger partial charge in [-0.1, -0.05) is 6.92 Å². The number of hydrogen-bond donors (Lipinski definition) is 2. The van der Waals surface area contributed by atoms with E-state index in [9.17, 15) is 4.79 Å². The molecule has 2 N–H and O–H groups in total. The molecule has 106 valence electrons. The van der Waals surface area contributed by atoms with Crippen molar-refractivity contribution in [3.63, 3.8) is 0 Å². The number of carbonyl (C=O) groups is 1. The fourth-order valence-electron chi connectivity index (χ4n) is 2.23. The minimum Gasteiger partial charge on any atom is -0.480 e. The van der Waals surface area contributed by atoms with E-state index in [1.165, 1.54) is 0 Å². The predicted octanol–water partition coefficient (Wildman–Crippen LogP) is -0.215. The van der Waals surface area contributed by atoms with Crippen LogP contribution in [0.4, 0.5) is 0 Å². The second kappa shape index (κ2) is 7.68. The third-order valence-corrected chi connectivity index (χ3v) is 3.28. The second-order valence-electron chi connectivity index (χ2n) is 4.61. The van der Waals surface area contributed by atoms with Gasteiger partial charge in [-0.15, -0.1) is 0 Å². The number of hydrogen-bond acceptors (Lipinski definition) is 5. The van der Waals surface area contributed by atoms with Crippen LogP contribution in [0.15, 0.2) is 0 Å². The lowest BCUT2D eigenvalue weighted by atomic mass is 10.2. The highest BCUT2D eigenvalue weighted by atomic mass is 16.5. The Morgan fingerprint density at radius 3 is 2.33 bits per heavy atom. The largest absolute Gasteiger partial charge is 0.480 e. The van der Waals surface area contributed by atoms with Crippen LogP contribution in [-0.4, -0.2) is 74.6 Å². The summed E-state index contributed by atoms with van der Waals surface area (Å²) >= 11 is 0. The second-order valence-corrected chi connectivity index (χ2v) is 4.61. The van der Waals surface area contributed by atoms with Gasteiger partial charge in [-0.2, -0.15) is 0 Å². The van der Waals surface area contributed by atoms with E-state index < -0.39 is 12.0 Å². The molecule has 0 aliphatic carbocycles. The van der Waals surface area contributed by atoms with Crippen molar-refractivity contribution in [2.45, 2.75) is 31.6 Å². The zero-order chi connectivity index (χ0) is 13.5. The topological polar surface area (TPSA) is 71.0 Å². The van der Waals surface area contributed by atoms with Gasteiger partial charge in [-0.25, -0.2) is 0 Å². The minimum atomic E-state index is -0.807. The SMILES string of the molecule is CCCNC(CN1CC(OC)C(OC)C1)C(=O)O. The van der Waals surface area contributed by atoms with Gasteiger partial charge in [-0.05, 0) is 13.0 Å². The van der Waals surface area contributed by atoms with Crippen molar-refractivity contribution >= 4 is 5.97 Å². The monoisotopic (exact) mass is 260 g/mol. The molecule has 0 amide bonds. The fraction of sp³-hybridized carbons (Fsp3) is 0.917. The number of rotatable bonds is 8. The minimum absolute atomic E-state index is 0.0237. The third-order valence-electron chi connectivity index (χ3n) is 3.28.